The van der Waals surface area contributed by atoms with E-state index in [-0.39, 0.29) is 34.3 Å². The molecule has 19 heavy (non-hydrogen) atoms. The molecule has 0 atom stereocenters. The first kappa shape index (κ1) is 16.2. The quantitative estimate of drug-likeness (QED) is 0.589. The summed E-state index contributed by atoms with van der Waals surface area (Å²) in [5.74, 6) is -0.0832. The Kier molecular flexibility index (Phi) is 5.19. The fourth-order valence-corrected chi connectivity index (χ4v) is 3.62. The molecule has 1 aromatic carbocycles. The molecule has 1 rings (SSSR count). The van der Waals surface area contributed by atoms with Gasteiger partial charge in [-0.25, -0.2) is 21.6 Å². The maximum atomic E-state index is 11.9. The summed E-state index contributed by atoms with van der Waals surface area (Å²) in [5.41, 5.74) is 5.78. The molecule has 0 aliphatic rings. The fourth-order valence-electron chi connectivity index (χ4n) is 1.34. The number of hydrogen-bond acceptors (Lipinski definition) is 5. The van der Waals surface area contributed by atoms with Crippen LogP contribution in [0.2, 0.25) is 5.02 Å². The molecule has 108 valence electrons. The molecule has 6 nitrogen and oxygen atoms in total. The summed E-state index contributed by atoms with van der Waals surface area (Å²) in [6.45, 7) is 0.0144. The first-order valence-corrected chi connectivity index (χ1v) is 9.26. The van der Waals surface area contributed by atoms with Crippen molar-refractivity contribution < 1.29 is 16.8 Å². The lowest BCUT2D eigenvalue weighted by Crippen LogP contribution is -2.26. The van der Waals surface area contributed by atoms with Crippen molar-refractivity contribution in [1.82, 2.24) is 4.72 Å². The zero-order chi connectivity index (χ0) is 14.7. The van der Waals surface area contributed by atoms with Gasteiger partial charge < -0.3 is 5.73 Å². The van der Waals surface area contributed by atoms with Crippen LogP contribution in [0, 0.1) is 0 Å². The van der Waals surface area contributed by atoms with Crippen LogP contribution in [-0.2, 0) is 19.9 Å². The second kappa shape index (κ2) is 6.08. The summed E-state index contributed by atoms with van der Waals surface area (Å²) < 4.78 is 48.0. The number of hydrogen-bond donors (Lipinski definition) is 2. The Balaban J connectivity index is 2.74. The highest BCUT2D eigenvalue weighted by Gasteiger charge is 2.17. The number of benzene rings is 1. The maximum absolute atomic E-state index is 11.9. The molecule has 0 spiro atoms. The Bertz CT molecular complexity index is 656. The fraction of sp³-hybridized carbons (Fsp3) is 0.400. The molecular formula is C10H15ClN2O4S2. The molecule has 0 fully saturated rings. The van der Waals surface area contributed by atoms with Crippen LogP contribution in [-0.4, -0.2) is 35.4 Å². The number of sulfonamides is 1. The minimum Gasteiger partial charge on any atom is -0.399 e. The van der Waals surface area contributed by atoms with Gasteiger partial charge in [-0.3, -0.25) is 0 Å². The standard InChI is InChI=1S/C10H15ClN2O4S2/c1-18(14,15)6-2-5-13-19(16,17)10-7-8(12)3-4-9(10)11/h3-4,7,13H,2,5-6,12H2,1H3. The number of anilines is 1. The lowest BCUT2D eigenvalue weighted by molar-refractivity contribution is 0.577. The van der Waals surface area contributed by atoms with Crippen molar-refractivity contribution in [2.75, 3.05) is 24.3 Å². The average Bonchev–Trinajstić information content (AvgIpc) is 2.26. The van der Waals surface area contributed by atoms with Crippen LogP contribution in [0.4, 0.5) is 5.69 Å². The molecule has 0 saturated heterocycles. The molecule has 0 aromatic heterocycles. The summed E-state index contributed by atoms with van der Waals surface area (Å²) in [5, 5.41) is 0.0600. The first-order valence-electron chi connectivity index (χ1n) is 5.34. The van der Waals surface area contributed by atoms with E-state index >= 15 is 0 Å². The van der Waals surface area contributed by atoms with Gasteiger partial charge in [0.2, 0.25) is 10.0 Å². The Labute approximate surface area is 117 Å². The molecule has 0 bridgehead atoms. The van der Waals surface area contributed by atoms with Gasteiger partial charge in [-0.15, -0.1) is 0 Å². The minimum atomic E-state index is -3.79. The number of rotatable bonds is 6. The van der Waals surface area contributed by atoms with Gasteiger partial charge in [0.05, 0.1) is 10.8 Å². The van der Waals surface area contributed by atoms with Crippen LogP contribution >= 0.6 is 11.6 Å². The van der Waals surface area contributed by atoms with E-state index in [1.807, 2.05) is 0 Å². The summed E-state index contributed by atoms with van der Waals surface area (Å²) in [6, 6.07) is 4.13. The van der Waals surface area contributed by atoms with E-state index in [2.05, 4.69) is 4.72 Å². The maximum Gasteiger partial charge on any atom is 0.242 e. The number of nitrogens with two attached hydrogens (primary N) is 1. The normalized spacial score (nSPS) is 12.5. The van der Waals surface area contributed by atoms with E-state index in [1.165, 1.54) is 18.2 Å². The van der Waals surface area contributed by atoms with Crippen molar-refractivity contribution >= 4 is 37.1 Å². The van der Waals surface area contributed by atoms with Crippen LogP contribution in [0.5, 0.6) is 0 Å². The third kappa shape index (κ3) is 5.35. The van der Waals surface area contributed by atoms with E-state index in [9.17, 15) is 16.8 Å². The third-order valence-electron chi connectivity index (χ3n) is 2.23. The summed E-state index contributed by atoms with van der Waals surface area (Å²) in [4.78, 5) is -0.117. The van der Waals surface area contributed by atoms with Crippen molar-refractivity contribution in [3.05, 3.63) is 23.2 Å². The largest absolute Gasteiger partial charge is 0.399 e. The van der Waals surface area contributed by atoms with Gasteiger partial charge in [0.15, 0.2) is 0 Å². The zero-order valence-corrected chi connectivity index (χ0v) is 12.6. The molecule has 0 heterocycles. The predicted molar refractivity (Wildman–Crippen MR) is 75.4 cm³/mol. The Morgan fingerprint density at radius 2 is 1.89 bits per heavy atom. The third-order valence-corrected chi connectivity index (χ3v) is 5.20. The lowest BCUT2D eigenvalue weighted by atomic mass is 10.3. The van der Waals surface area contributed by atoms with E-state index in [0.717, 1.165) is 6.26 Å². The van der Waals surface area contributed by atoms with Crippen molar-refractivity contribution in [2.45, 2.75) is 11.3 Å². The van der Waals surface area contributed by atoms with Gasteiger partial charge in [0, 0.05) is 18.5 Å². The van der Waals surface area contributed by atoms with Gasteiger partial charge >= 0.3 is 0 Å². The van der Waals surface area contributed by atoms with Crippen LogP contribution in [0.3, 0.4) is 0 Å². The number of nitrogen functional groups attached to an aromatic ring is 1. The molecule has 3 N–H and O–H groups in total. The van der Waals surface area contributed by atoms with E-state index in [4.69, 9.17) is 17.3 Å². The monoisotopic (exact) mass is 326 g/mol. The summed E-state index contributed by atoms with van der Waals surface area (Å²) >= 11 is 5.80. The van der Waals surface area contributed by atoms with Crippen molar-refractivity contribution in [3.63, 3.8) is 0 Å². The van der Waals surface area contributed by atoms with Gasteiger partial charge in [0.25, 0.3) is 0 Å². The lowest BCUT2D eigenvalue weighted by Gasteiger charge is -2.08. The Morgan fingerprint density at radius 3 is 2.47 bits per heavy atom. The second-order valence-corrected chi connectivity index (χ2v) is 8.47. The smallest absolute Gasteiger partial charge is 0.242 e. The predicted octanol–water partition coefficient (Wildman–Crippen LogP) is 0.635. The Morgan fingerprint density at radius 1 is 1.26 bits per heavy atom. The molecule has 0 aliphatic carbocycles. The van der Waals surface area contributed by atoms with Crippen molar-refractivity contribution in [3.8, 4) is 0 Å². The van der Waals surface area contributed by atoms with Crippen LogP contribution in [0.15, 0.2) is 23.1 Å². The molecule has 0 amide bonds. The number of halogens is 1. The van der Waals surface area contributed by atoms with Crippen molar-refractivity contribution in [1.29, 1.82) is 0 Å². The van der Waals surface area contributed by atoms with Crippen molar-refractivity contribution in [2.24, 2.45) is 0 Å². The van der Waals surface area contributed by atoms with Crippen LogP contribution in [0.1, 0.15) is 6.42 Å². The molecule has 9 heteroatoms. The SMILES string of the molecule is CS(=O)(=O)CCCNS(=O)(=O)c1cc(N)ccc1Cl. The zero-order valence-electron chi connectivity index (χ0n) is 10.3. The molecule has 0 radical (unpaired) electrons. The molecule has 0 unspecified atom stereocenters. The first-order chi connectivity index (χ1) is 8.62. The van der Waals surface area contributed by atoms with E-state index in [0.29, 0.717) is 0 Å². The highest BCUT2D eigenvalue weighted by Crippen LogP contribution is 2.23. The van der Waals surface area contributed by atoms with E-state index in [1.54, 1.807) is 0 Å². The van der Waals surface area contributed by atoms with Gasteiger partial charge in [0.1, 0.15) is 14.7 Å². The van der Waals surface area contributed by atoms with Gasteiger partial charge in [-0.05, 0) is 24.6 Å². The van der Waals surface area contributed by atoms with Gasteiger partial charge in [-0.1, -0.05) is 11.6 Å². The molecule has 0 saturated carbocycles. The van der Waals surface area contributed by atoms with E-state index < -0.39 is 19.9 Å². The van der Waals surface area contributed by atoms with Crippen LogP contribution in [0.25, 0.3) is 0 Å². The highest BCUT2D eigenvalue weighted by atomic mass is 35.5. The highest BCUT2D eigenvalue weighted by molar-refractivity contribution is 7.90. The number of nitrogens with one attached hydrogen (secondary N) is 1. The molecule has 0 aliphatic heterocycles. The summed E-state index contributed by atoms with van der Waals surface area (Å²) in [7, 11) is -6.89. The van der Waals surface area contributed by atoms with Crippen LogP contribution < -0.4 is 10.5 Å². The minimum absolute atomic E-state index is 0.0144. The summed E-state index contributed by atoms with van der Waals surface area (Å²) in [6.07, 6.45) is 1.29. The van der Waals surface area contributed by atoms with Gasteiger partial charge in [-0.2, -0.15) is 0 Å². The second-order valence-electron chi connectivity index (χ2n) is 4.07. The molecule has 1 aromatic rings. The topological polar surface area (TPSA) is 106 Å². The number of sulfone groups is 1. The Hall–Kier alpha value is -0.830. The average molecular weight is 327 g/mol. The molecular weight excluding hydrogens is 312 g/mol.